The highest BCUT2D eigenvalue weighted by molar-refractivity contribution is 7.09. The van der Waals surface area contributed by atoms with Gasteiger partial charge >= 0.3 is 0 Å². The zero-order chi connectivity index (χ0) is 11.8. The average molecular weight is 240 g/mol. The fourth-order valence-electron chi connectivity index (χ4n) is 1.40. The lowest BCUT2D eigenvalue weighted by atomic mass is 10.2. The topological polar surface area (TPSA) is 49.3 Å². The van der Waals surface area contributed by atoms with E-state index >= 15 is 0 Å². The molecule has 0 saturated carbocycles. The molecule has 0 saturated heterocycles. The Morgan fingerprint density at radius 2 is 2.31 bits per heavy atom. The van der Waals surface area contributed by atoms with Crippen molar-refractivity contribution in [2.24, 2.45) is 4.99 Å². The number of aromatic nitrogens is 1. The molecule has 0 aliphatic rings. The van der Waals surface area contributed by atoms with E-state index in [1.54, 1.807) is 18.4 Å². The Morgan fingerprint density at radius 3 is 2.88 bits per heavy atom. The predicted molar refractivity (Wildman–Crippen MR) is 70.2 cm³/mol. The maximum Gasteiger partial charge on any atom is 0.190 e. The first-order valence-electron chi connectivity index (χ1n) is 5.55. The largest absolute Gasteiger partial charge is 0.359 e. The summed E-state index contributed by atoms with van der Waals surface area (Å²) in [6.45, 7) is 3.00. The lowest BCUT2D eigenvalue weighted by Crippen LogP contribution is -2.35. The minimum Gasteiger partial charge on any atom is -0.359 e. The summed E-state index contributed by atoms with van der Waals surface area (Å²) >= 11 is 1.76. The van der Waals surface area contributed by atoms with Crippen molar-refractivity contribution in [3.8, 4) is 0 Å². The zero-order valence-corrected chi connectivity index (χ0v) is 11.0. The molecule has 1 aromatic rings. The summed E-state index contributed by atoms with van der Waals surface area (Å²) in [5.74, 6) is 0.852. The second kappa shape index (κ2) is 7.22. The van der Waals surface area contributed by atoms with Gasteiger partial charge in [-0.15, -0.1) is 11.3 Å². The standard InChI is InChI=1S/C11H20N4S/c1-9-8-16-10(15-9)6-4-5-7-14-11(12-2)13-3/h8H,4-7H2,1-3H3,(H2,12,13,14). The Labute approximate surface area is 101 Å². The SMILES string of the molecule is CN=C(NC)NCCCCc1nc(C)cs1. The van der Waals surface area contributed by atoms with Crippen molar-refractivity contribution in [1.82, 2.24) is 15.6 Å². The monoisotopic (exact) mass is 240 g/mol. The fraction of sp³-hybridized carbons (Fsp3) is 0.636. The van der Waals surface area contributed by atoms with Crippen molar-refractivity contribution in [2.75, 3.05) is 20.6 Å². The summed E-state index contributed by atoms with van der Waals surface area (Å²) in [6.07, 6.45) is 3.39. The van der Waals surface area contributed by atoms with Crippen LogP contribution in [0.4, 0.5) is 0 Å². The lowest BCUT2D eigenvalue weighted by Gasteiger charge is -2.07. The van der Waals surface area contributed by atoms with Crippen LogP contribution in [0, 0.1) is 6.92 Å². The van der Waals surface area contributed by atoms with Crippen LogP contribution < -0.4 is 10.6 Å². The molecule has 0 fully saturated rings. The van der Waals surface area contributed by atoms with E-state index in [9.17, 15) is 0 Å². The molecule has 0 aliphatic heterocycles. The number of aliphatic imine (C=N–C) groups is 1. The minimum absolute atomic E-state index is 0.852. The molecule has 0 aliphatic carbocycles. The normalized spacial score (nSPS) is 11.6. The van der Waals surface area contributed by atoms with E-state index in [2.05, 4.69) is 26.0 Å². The van der Waals surface area contributed by atoms with Gasteiger partial charge in [0.05, 0.1) is 5.01 Å². The molecule has 0 spiro atoms. The Balaban J connectivity index is 2.08. The van der Waals surface area contributed by atoms with Crippen molar-refractivity contribution in [2.45, 2.75) is 26.2 Å². The summed E-state index contributed by atoms with van der Waals surface area (Å²) in [4.78, 5) is 8.49. The number of aryl methyl sites for hydroxylation is 2. The molecule has 0 radical (unpaired) electrons. The first kappa shape index (κ1) is 13.0. The second-order valence-electron chi connectivity index (χ2n) is 3.59. The van der Waals surface area contributed by atoms with Crippen LogP contribution in [-0.4, -0.2) is 31.6 Å². The average Bonchev–Trinajstić information content (AvgIpc) is 2.70. The van der Waals surface area contributed by atoms with Gasteiger partial charge in [-0.1, -0.05) is 0 Å². The number of rotatable bonds is 5. The van der Waals surface area contributed by atoms with Gasteiger partial charge in [0.15, 0.2) is 5.96 Å². The molecule has 0 atom stereocenters. The highest BCUT2D eigenvalue weighted by atomic mass is 32.1. The van der Waals surface area contributed by atoms with Crippen LogP contribution in [0.1, 0.15) is 23.5 Å². The third-order valence-corrected chi connectivity index (χ3v) is 3.26. The summed E-state index contributed by atoms with van der Waals surface area (Å²) < 4.78 is 0. The van der Waals surface area contributed by atoms with E-state index in [4.69, 9.17) is 0 Å². The molecule has 1 rings (SSSR count). The van der Waals surface area contributed by atoms with Crippen LogP contribution >= 0.6 is 11.3 Å². The van der Waals surface area contributed by atoms with Gasteiger partial charge in [0, 0.05) is 31.7 Å². The quantitative estimate of drug-likeness (QED) is 0.466. The number of nitrogens with zero attached hydrogens (tertiary/aromatic N) is 2. The third kappa shape index (κ3) is 4.61. The van der Waals surface area contributed by atoms with Crippen LogP contribution in [-0.2, 0) is 6.42 Å². The number of nitrogens with one attached hydrogen (secondary N) is 2. The van der Waals surface area contributed by atoms with Crippen molar-refractivity contribution >= 4 is 17.3 Å². The molecule has 1 aromatic heterocycles. The van der Waals surface area contributed by atoms with Gasteiger partial charge in [-0.3, -0.25) is 4.99 Å². The van der Waals surface area contributed by atoms with Crippen LogP contribution in [0.5, 0.6) is 0 Å². The van der Waals surface area contributed by atoms with Crippen LogP contribution in [0.25, 0.3) is 0 Å². The first-order chi connectivity index (χ1) is 7.76. The molecule has 1 heterocycles. The third-order valence-electron chi connectivity index (χ3n) is 2.24. The number of thiazole rings is 1. The highest BCUT2D eigenvalue weighted by Crippen LogP contribution is 2.11. The van der Waals surface area contributed by atoms with Gasteiger partial charge in [-0.25, -0.2) is 4.98 Å². The van der Waals surface area contributed by atoms with E-state index in [-0.39, 0.29) is 0 Å². The van der Waals surface area contributed by atoms with Crippen LogP contribution in [0.15, 0.2) is 10.4 Å². The second-order valence-corrected chi connectivity index (χ2v) is 4.53. The number of unbranched alkanes of at least 4 members (excludes halogenated alkanes) is 1. The Hall–Kier alpha value is -1.10. The number of hydrogen-bond acceptors (Lipinski definition) is 3. The van der Waals surface area contributed by atoms with Gasteiger partial charge in [0.25, 0.3) is 0 Å². The maximum atomic E-state index is 4.44. The molecule has 0 aromatic carbocycles. The van der Waals surface area contributed by atoms with E-state index < -0.39 is 0 Å². The van der Waals surface area contributed by atoms with Gasteiger partial charge in [-0.2, -0.15) is 0 Å². The van der Waals surface area contributed by atoms with E-state index in [1.807, 2.05) is 14.0 Å². The van der Waals surface area contributed by atoms with Gasteiger partial charge in [0.1, 0.15) is 0 Å². The molecule has 4 nitrogen and oxygen atoms in total. The Bertz CT molecular complexity index is 332. The Kier molecular flexibility index (Phi) is 5.85. The van der Waals surface area contributed by atoms with Gasteiger partial charge in [-0.05, 0) is 26.2 Å². The van der Waals surface area contributed by atoms with Gasteiger partial charge in [0.2, 0.25) is 0 Å². The maximum absolute atomic E-state index is 4.44. The smallest absolute Gasteiger partial charge is 0.190 e. The van der Waals surface area contributed by atoms with E-state index in [1.165, 1.54) is 11.4 Å². The number of guanidine groups is 1. The molecule has 0 unspecified atom stereocenters. The van der Waals surface area contributed by atoms with Crippen molar-refractivity contribution < 1.29 is 0 Å². The molecular weight excluding hydrogens is 220 g/mol. The summed E-state index contributed by atoms with van der Waals surface area (Å²) in [7, 11) is 3.64. The van der Waals surface area contributed by atoms with Crippen molar-refractivity contribution in [1.29, 1.82) is 0 Å². The number of hydrogen-bond donors (Lipinski definition) is 2. The summed E-state index contributed by atoms with van der Waals surface area (Å²) in [6, 6.07) is 0. The molecule has 5 heteroatoms. The van der Waals surface area contributed by atoms with E-state index in [0.29, 0.717) is 0 Å². The fourth-order valence-corrected chi connectivity index (χ4v) is 2.22. The zero-order valence-electron chi connectivity index (χ0n) is 10.2. The predicted octanol–water partition coefficient (Wildman–Crippen LogP) is 1.57. The van der Waals surface area contributed by atoms with Crippen molar-refractivity contribution in [3.63, 3.8) is 0 Å². The highest BCUT2D eigenvalue weighted by Gasteiger charge is 1.98. The molecule has 0 amide bonds. The lowest BCUT2D eigenvalue weighted by molar-refractivity contribution is 0.698. The molecule has 16 heavy (non-hydrogen) atoms. The summed E-state index contributed by atoms with van der Waals surface area (Å²) in [5, 5.41) is 9.58. The Morgan fingerprint density at radius 1 is 1.50 bits per heavy atom. The molecule has 0 bridgehead atoms. The molecular formula is C11H20N4S. The van der Waals surface area contributed by atoms with Crippen LogP contribution in [0.2, 0.25) is 0 Å². The molecule has 2 N–H and O–H groups in total. The van der Waals surface area contributed by atoms with Crippen molar-refractivity contribution in [3.05, 3.63) is 16.1 Å². The minimum atomic E-state index is 0.852. The molecule has 90 valence electrons. The van der Waals surface area contributed by atoms with E-state index in [0.717, 1.165) is 31.0 Å². The van der Waals surface area contributed by atoms with Crippen LogP contribution in [0.3, 0.4) is 0 Å². The van der Waals surface area contributed by atoms with Gasteiger partial charge < -0.3 is 10.6 Å². The summed E-state index contributed by atoms with van der Waals surface area (Å²) in [5.41, 5.74) is 1.13. The first-order valence-corrected chi connectivity index (χ1v) is 6.43.